The first-order valence-electron chi connectivity index (χ1n) is 5.71. The summed E-state index contributed by atoms with van der Waals surface area (Å²) in [6.45, 7) is 11.7. The van der Waals surface area contributed by atoms with Crippen LogP contribution in [0.5, 0.6) is 0 Å². The van der Waals surface area contributed by atoms with E-state index in [1.54, 1.807) is 6.92 Å². The summed E-state index contributed by atoms with van der Waals surface area (Å²) in [7, 11) is 0. The number of ether oxygens (including phenoxy) is 1. The standard InChI is InChI=1S/C12H23NO2/c1-5-11(6-2)9-13-8-10(4)12(14)15-7-3/h11,13H,4-9H2,1-3H3. The molecule has 0 saturated carbocycles. The zero-order chi connectivity index (χ0) is 11.7. The second kappa shape index (κ2) is 8.48. The van der Waals surface area contributed by atoms with E-state index < -0.39 is 0 Å². The largest absolute Gasteiger partial charge is 0.463 e. The lowest BCUT2D eigenvalue weighted by Gasteiger charge is -2.13. The Hall–Kier alpha value is -0.830. The maximum atomic E-state index is 11.2. The first kappa shape index (κ1) is 14.2. The van der Waals surface area contributed by atoms with Gasteiger partial charge in [-0.2, -0.15) is 0 Å². The third kappa shape index (κ3) is 6.28. The Bertz CT molecular complexity index is 198. The molecule has 0 aliphatic rings. The average Bonchev–Trinajstić information content (AvgIpc) is 2.24. The number of hydrogen-bond acceptors (Lipinski definition) is 3. The monoisotopic (exact) mass is 213 g/mol. The lowest BCUT2D eigenvalue weighted by atomic mass is 10.0. The zero-order valence-corrected chi connectivity index (χ0v) is 10.1. The Morgan fingerprint density at radius 2 is 1.93 bits per heavy atom. The van der Waals surface area contributed by atoms with Crippen molar-refractivity contribution in [1.82, 2.24) is 5.32 Å². The van der Waals surface area contributed by atoms with E-state index in [-0.39, 0.29) is 5.97 Å². The van der Waals surface area contributed by atoms with Gasteiger partial charge < -0.3 is 10.1 Å². The number of rotatable bonds is 8. The lowest BCUT2D eigenvalue weighted by molar-refractivity contribution is -0.138. The Morgan fingerprint density at radius 3 is 2.40 bits per heavy atom. The summed E-state index contributed by atoms with van der Waals surface area (Å²) in [5, 5.41) is 3.23. The summed E-state index contributed by atoms with van der Waals surface area (Å²) in [5.41, 5.74) is 0.503. The molecule has 0 atom stereocenters. The van der Waals surface area contributed by atoms with Gasteiger partial charge in [0.05, 0.1) is 6.61 Å². The minimum atomic E-state index is -0.297. The van der Waals surface area contributed by atoms with Crippen LogP contribution in [0.2, 0.25) is 0 Å². The molecule has 3 nitrogen and oxygen atoms in total. The highest BCUT2D eigenvalue weighted by molar-refractivity contribution is 5.88. The molecule has 0 aromatic heterocycles. The first-order valence-corrected chi connectivity index (χ1v) is 5.71. The van der Waals surface area contributed by atoms with Gasteiger partial charge in [0, 0.05) is 12.1 Å². The fourth-order valence-electron chi connectivity index (χ4n) is 1.31. The molecule has 0 spiro atoms. The van der Waals surface area contributed by atoms with E-state index in [4.69, 9.17) is 4.74 Å². The van der Waals surface area contributed by atoms with E-state index in [0.717, 1.165) is 19.4 Å². The van der Waals surface area contributed by atoms with Crippen LogP contribution in [0.1, 0.15) is 33.6 Å². The summed E-state index contributed by atoms with van der Waals surface area (Å²) in [4.78, 5) is 11.2. The molecule has 3 heteroatoms. The van der Waals surface area contributed by atoms with Gasteiger partial charge >= 0.3 is 5.97 Å². The van der Waals surface area contributed by atoms with E-state index in [0.29, 0.717) is 24.6 Å². The smallest absolute Gasteiger partial charge is 0.334 e. The van der Waals surface area contributed by atoms with Gasteiger partial charge in [-0.1, -0.05) is 33.3 Å². The summed E-state index contributed by atoms with van der Waals surface area (Å²) in [6, 6.07) is 0. The molecule has 0 aromatic rings. The van der Waals surface area contributed by atoms with Crippen molar-refractivity contribution in [2.45, 2.75) is 33.6 Å². The minimum Gasteiger partial charge on any atom is -0.463 e. The number of carbonyl (C=O) groups excluding carboxylic acids is 1. The molecule has 0 bridgehead atoms. The van der Waals surface area contributed by atoms with Gasteiger partial charge in [-0.25, -0.2) is 4.79 Å². The molecule has 0 aromatic carbocycles. The molecule has 0 unspecified atom stereocenters. The molecule has 0 saturated heterocycles. The summed E-state index contributed by atoms with van der Waals surface area (Å²) in [6.07, 6.45) is 2.32. The van der Waals surface area contributed by atoms with Gasteiger partial charge in [-0.3, -0.25) is 0 Å². The van der Waals surface area contributed by atoms with E-state index in [1.807, 2.05) is 0 Å². The van der Waals surface area contributed by atoms with Crippen LogP contribution in [0, 0.1) is 5.92 Å². The highest BCUT2D eigenvalue weighted by Crippen LogP contribution is 2.05. The van der Waals surface area contributed by atoms with Crippen LogP contribution in [0.25, 0.3) is 0 Å². The predicted molar refractivity (Wildman–Crippen MR) is 62.7 cm³/mol. The Morgan fingerprint density at radius 1 is 1.33 bits per heavy atom. The number of carbonyl (C=O) groups is 1. The SMILES string of the molecule is C=C(CNCC(CC)CC)C(=O)OCC. The maximum absolute atomic E-state index is 11.2. The van der Waals surface area contributed by atoms with Crippen molar-refractivity contribution in [2.75, 3.05) is 19.7 Å². The van der Waals surface area contributed by atoms with Crippen molar-refractivity contribution >= 4 is 5.97 Å². The van der Waals surface area contributed by atoms with E-state index >= 15 is 0 Å². The highest BCUT2D eigenvalue weighted by atomic mass is 16.5. The Balaban J connectivity index is 3.67. The van der Waals surface area contributed by atoms with Gasteiger partial charge in [-0.15, -0.1) is 0 Å². The maximum Gasteiger partial charge on any atom is 0.334 e. The van der Waals surface area contributed by atoms with E-state index in [1.165, 1.54) is 0 Å². The van der Waals surface area contributed by atoms with Gasteiger partial charge in [0.2, 0.25) is 0 Å². The second-order valence-electron chi connectivity index (χ2n) is 3.64. The predicted octanol–water partition coefficient (Wildman–Crippen LogP) is 2.13. The van der Waals surface area contributed by atoms with Crippen LogP contribution in [-0.2, 0) is 9.53 Å². The second-order valence-corrected chi connectivity index (χ2v) is 3.64. The molecular formula is C12H23NO2. The van der Waals surface area contributed by atoms with Crippen molar-refractivity contribution in [2.24, 2.45) is 5.92 Å². The molecule has 15 heavy (non-hydrogen) atoms. The van der Waals surface area contributed by atoms with Gasteiger partial charge in [0.25, 0.3) is 0 Å². The molecule has 0 radical (unpaired) electrons. The molecule has 1 N–H and O–H groups in total. The first-order chi connectivity index (χ1) is 7.15. The summed E-state index contributed by atoms with van der Waals surface area (Å²) < 4.78 is 4.84. The molecule has 0 rings (SSSR count). The van der Waals surface area contributed by atoms with Crippen molar-refractivity contribution in [3.8, 4) is 0 Å². The third-order valence-electron chi connectivity index (χ3n) is 2.49. The molecule has 0 aliphatic carbocycles. The topological polar surface area (TPSA) is 38.3 Å². The Kier molecular flexibility index (Phi) is 8.01. The molecule has 0 aliphatic heterocycles. The van der Waals surface area contributed by atoms with Crippen LogP contribution in [0.4, 0.5) is 0 Å². The molecule has 0 amide bonds. The highest BCUT2D eigenvalue weighted by Gasteiger charge is 2.08. The van der Waals surface area contributed by atoms with Gasteiger partial charge in [0.15, 0.2) is 0 Å². The average molecular weight is 213 g/mol. The lowest BCUT2D eigenvalue weighted by Crippen LogP contribution is -2.26. The number of esters is 1. The Labute approximate surface area is 92.9 Å². The van der Waals surface area contributed by atoms with E-state index in [2.05, 4.69) is 25.7 Å². The quantitative estimate of drug-likeness (QED) is 0.496. The fourth-order valence-corrected chi connectivity index (χ4v) is 1.31. The third-order valence-corrected chi connectivity index (χ3v) is 2.49. The van der Waals surface area contributed by atoms with Crippen LogP contribution in [0.3, 0.4) is 0 Å². The van der Waals surface area contributed by atoms with Crippen molar-refractivity contribution in [1.29, 1.82) is 0 Å². The van der Waals surface area contributed by atoms with Gasteiger partial charge in [-0.05, 0) is 19.4 Å². The zero-order valence-electron chi connectivity index (χ0n) is 10.1. The molecular weight excluding hydrogens is 190 g/mol. The fraction of sp³-hybridized carbons (Fsp3) is 0.750. The summed E-state index contributed by atoms with van der Waals surface area (Å²) in [5.74, 6) is 0.384. The van der Waals surface area contributed by atoms with Crippen molar-refractivity contribution in [3.05, 3.63) is 12.2 Å². The van der Waals surface area contributed by atoms with Gasteiger partial charge in [0.1, 0.15) is 0 Å². The van der Waals surface area contributed by atoms with Crippen molar-refractivity contribution < 1.29 is 9.53 Å². The van der Waals surface area contributed by atoms with Crippen LogP contribution >= 0.6 is 0 Å². The molecule has 0 heterocycles. The van der Waals surface area contributed by atoms with E-state index in [9.17, 15) is 4.79 Å². The van der Waals surface area contributed by atoms with Crippen LogP contribution in [0.15, 0.2) is 12.2 Å². The molecule has 88 valence electrons. The number of hydrogen-bond donors (Lipinski definition) is 1. The summed E-state index contributed by atoms with van der Waals surface area (Å²) >= 11 is 0. The minimum absolute atomic E-state index is 0.297. The molecule has 0 fully saturated rings. The van der Waals surface area contributed by atoms with Crippen molar-refractivity contribution in [3.63, 3.8) is 0 Å². The number of nitrogens with one attached hydrogen (secondary N) is 1. The van der Waals surface area contributed by atoms with Crippen LogP contribution < -0.4 is 5.32 Å². The van der Waals surface area contributed by atoms with Crippen LogP contribution in [-0.4, -0.2) is 25.7 Å². The normalized spacial score (nSPS) is 10.4.